The van der Waals surface area contributed by atoms with Crippen LogP contribution in [0.25, 0.3) is 16.7 Å². The normalized spacial score (nSPS) is 13.0. The average molecular weight is 299 g/mol. The van der Waals surface area contributed by atoms with Gasteiger partial charge in [-0.3, -0.25) is 4.57 Å². The number of benzene rings is 2. The molecule has 0 saturated carbocycles. The van der Waals surface area contributed by atoms with Crippen molar-refractivity contribution in [3.8, 4) is 5.69 Å². The molecule has 1 aromatic heterocycles. The van der Waals surface area contributed by atoms with E-state index in [-0.39, 0.29) is 5.38 Å². The lowest BCUT2D eigenvalue weighted by molar-refractivity contribution is 0.824. The zero-order chi connectivity index (χ0) is 15.0. The Hall–Kier alpha value is -1.80. The van der Waals surface area contributed by atoms with Crippen LogP contribution in [0.5, 0.6) is 0 Å². The highest BCUT2D eigenvalue weighted by Crippen LogP contribution is 2.31. The van der Waals surface area contributed by atoms with Crippen LogP contribution >= 0.6 is 11.6 Å². The molecule has 0 N–H and O–H groups in total. The molecule has 3 aromatic rings. The van der Waals surface area contributed by atoms with Gasteiger partial charge in [-0.25, -0.2) is 4.98 Å². The summed E-state index contributed by atoms with van der Waals surface area (Å²) in [4.78, 5) is 4.72. The van der Waals surface area contributed by atoms with Crippen molar-refractivity contribution in [1.82, 2.24) is 9.55 Å². The molecule has 0 bridgehead atoms. The fourth-order valence-corrected chi connectivity index (χ4v) is 2.89. The van der Waals surface area contributed by atoms with Crippen molar-refractivity contribution in [3.05, 3.63) is 59.9 Å². The van der Waals surface area contributed by atoms with E-state index >= 15 is 0 Å². The first-order valence-electron chi connectivity index (χ1n) is 7.30. The van der Waals surface area contributed by atoms with Crippen molar-refractivity contribution in [2.45, 2.75) is 32.1 Å². The van der Waals surface area contributed by atoms with Gasteiger partial charge in [0.05, 0.1) is 22.1 Å². The van der Waals surface area contributed by atoms with Gasteiger partial charge < -0.3 is 0 Å². The van der Waals surface area contributed by atoms with Crippen molar-refractivity contribution < 1.29 is 0 Å². The minimum Gasteiger partial charge on any atom is -0.295 e. The van der Waals surface area contributed by atoms with Crippen LogP contribution in [0.1, 0.15) is 43.5 Å². The first-order chi connectivity index (χ1) is 10.1. The average Bonchev–Trinajstić information content (AvgIpc) is 2.86. The van der Waals surface area contributed by atoms with Gasteiger partial charge in [-0.15, -0.1) is 11.6 Å². The van der Waals surface area contributed by atoms with Gasteiger partial charge in [-0.2, -0.15) is 0 Å². The maximum Gasteiger partial charge on any atom is 0.132 e. The minimum absolute atomic E-state index is 0.141. The molecule has 0 spiro atoms. The van der Waals surface area contributed by atoms with Crippen LogP contribution in [0.4, 0.5) is 0 Å². The van der Waals surface area contributed by atoms with Crippen LogP contribution in [-0.4, -0.2) is 9.55 Å². The molecule has 1 unspecified atom stereocenters. The van der Waals surface area contributed by atoms with E-state index in [9.17, 15) is 0 Å². The van der Waals surface area contributed by atoms with E-state index in [1.54, 1.807) is 0 Å². The van der Waals surface area contributed by atoms with Crippen molar-refractivity contribution in [1.29, 1.82) is 0 Å². The molecule has 0 aliphatic carbocycles. The number of hydrogen-bond acceptors (Lipinski definition) is 1. The van der Waals surface area contributed by atoms with Gasteiger partial charge in [0.25, 0.3) is 0 Å². The Morgan fingerprint density at radius 3 is 2.33 bits per heavy atom. The van der Waals surface area contributed by atoms with E-state index in [0.717, 1.165) is 16.9 Å². The van der Waals surface area contributed by atoms with Crippen LogP contribution < -0.4 is 0 Å². The highest BCUT2D eigenvalue weighted by Gasteiger charge is 2.18. The van der Waals surface area contributed by atoms with Crippen molar-refractivity contribution in [3.63, 3.8) is 0 Å². The Kier molecular flexibility index (Phi) is 3.73. The summed E-state index contributed by atoms with van der Waals surface area (Å²) in [5.41, 5.74) is 4.56. The first kappa shape index (κ1) is 14.2. The fourth-order valence-electron chi connectivity index (χ4n) is 2.74. The SMILES string of the molecule is CC(C)c1ccccc1-n1c(C(C)Cl)nc2ccccc21. The van der Waals surface area contributed by atoms with Crippen LogP contribution in [0, 0.1) is 0 Å². The molecule has 1 heterocycles. The van der Waals surface area contributed by atoms with Crippen LogP contribution in [0.15, 0.2) is 48.5 Å². The van der Waals surface area contributed by atoms with Crippen molar-refractivity contribution in [2.24, 2.45) is 0 Å². The van der Waals surface area contributed by atoms with Gasteiger partial charge in [-0.1, -0.05) is 44.2 Å². The lowest BCUT2D eigenvalue weighted by Gasteiger charge is -2.17. The predicted octanol–water partition coefficient (Wildman–Crippen LogP) is 5.45. The number of fused-ring (bicyclic) bond motifs is 1. The largest absolute Gasteiger partial charge is 0.295 e. The first-order valence-corrected chi connectivity index (χ1v) is 7.74. The summed E-state index contributed by atoms with van der Waals surface area (Å²) in [5, 5.41) is -0.141. The Labute approximate surface area is 130 Å². The number of para-hydroxylation sites is 3. The molecule has 1 atom stereocenters. The summed E-state index contributed by atoms with van der Waals surface area (Å²) in [7, 11) is 0. The summed E-state index contributed by atoms with van der Waals surface area (Å²) in [6.45, 7) is 6.39. The van der Waals surface area contributed by atoms with E-state index < -0.39 is 0 Å². The highest BCUT2D eigenvalue weighted by atomic mass is 35.5. The maximum atomic E-state index is 6.38. The summed E-state index contributed by atoms with van der Waals surface area (Å²) >= 11 is 6.38. The molecule has 3 heteroatoms. The molecule has 2 aromatic carbocycles. The second kappa shape index (κ2) is 5.53. The van der Waals surface area contributed by atoms with Crippen molar-refractivity contribution >= 4 is 22.6 Å². The fraction of sp³-hybridized carbons (Fsp3) is 0.278. The lowest BCUT2D eigenvalue weighted by atomic mass is 10.0. The molecule has 0 aliphatic heterocycles. The quantitative estimate of drug-likeness (QED) is 0.588. The number of rotatable bonds is 3. The minimum atomic E-state index is -0.141. The third kappa shape index (κ3) is 2.44. The van der Waals surface area contributed by atoms with E-state index in [0.29, 0.717) is 5.92 Å². The highest BCUT2D eigenvalue weighted by molar-refractivity contribution is 6.20. The van der Waals surface area contributed by atoms with Gasteiger partial charge in [0.15, 0.2) is 0 Å². The topological polar surface area (TPSA) is 17.8 Å². The summed E-state index contributed by atoms with van der Waals surface area (Å²) in [6, 6.07) is 16.7. The number of hydrogen-bond donors (Lipinski definition) is 0. The zero-order valence-corrected chi connectivity index (χ0v) is 13.3. The number of imidazole rings is 1. The second-order valence-electron chi connectivity index (χ2n) is 5.62. The third-order valence-corrected chi connectivity index (χ3v) is 3.94. The van der Waals surface area contributed by atoms with Gasteiger partial charge >= 0.3 is 0 Å². The van der Waals surface area contributed by atoms with Gasteiger partial charge in [0.1, 0.15) is 5.82 Å². The number of aromatic nitrogens is 2. The van der Waals surface area contributed by atoms with Gasteiger partial charge in [0, 0.05) is 0 Å². The molecule has 21 heavy (non-hydrogen) atoms. The summed E-state index contributed by atoms with van der Waals surface area (Å²) < 4.78 is 2.20. The third-order valence-electron chi connectivity index (χ3n) is 3.74. The van der Waals surface area contributed by atoms with E-state index in [1.165, 1.54) is 11.3 Å². The molecule has 0 saturated heterocycles. The second-order valence-corrected chi connectivity index (χ2v) is 6.28. The molecule has 0 fully saturated rings. The molecule has 2 nitrogen and oxygen atoms in total. The Morgan fingerprint density at radius 1 is 0.952 bits per heavy atom. The van der Waals surface area contributed by atoms with E-state index in [2.05, 4.69) is 48.7 Å². The van der Waals surface area contributed by atoms with Crippen LogP contribution in [-0.2, 0) is 0 Å². The monoisotopic (exact) mass is 298 g/mol. The van der Waals surface area contributed by atoms with Gasteiger partial charge in [-0.05, 0) is 36.6 Å². The smallest absolute Gasteiger partial charge is 0.132 e. The maximum absolute atomic E-state index is 6.38. The molecule has 0 amide bonds. The molecule has 0 aliphatic rings. The van der Waals surface area contributed by atoms with E-state index in [1.807, 2.05) is 25.1 Å². The Morgan fingerprint density at radius 2 is 1.62 bits per heavy atom. The zero-order valence-electron chi connectivity index (χ0n) is 12.5. The summed E-state index contributed by atoms with van der Waals surface area (Å²) in [6.07, 6.45) is 0. The number of halogens is 1. The molecule has 0 radical (unpaired) electrons. The predicted molar refractivity (Wildman–Crippen MR) is 89.4 cm³/mol. The lowest BCUT2D eigenvalue weighted by Crippen LogP contribution is -2.06. The number of nitrogens with zero attached hydrogens (tertiary/aromatic N) is 2. The Balaban J connectivity index is 2.36. The Bertz CT molecular complexity index is 772. The molecular weight excluding hydrogens is 280 g/mol. The van der Waals surface area contributed by atoms with Gasteiger partial charge in [0.2, 0.25) is 0 Å². The molecule has 108 valence electrons. The van der Waals surface area contributed by atoms with Crippen molar-refractivity contribution in [2.75, 3.05) is 0 Å². The van der Waals surface area contributed by atoms with Crippen LogP contribution in [0.3, 0.4) is 0 Å². The molecular formula is C18H19ClN2. The number of alkyl halides is 1. The standard InChI is InChI=1S/C18H19ClN2/c1-12(2)14-8-4-6-10-16(14)21-17-11-7-5-9-15(17)20-18(21)13(3)19/h4-13H,1-3H3. The molecule has 3 rings (SSSR count). The van der Waals surface area contributed by atoms with E-state index in [4.69, 9.17) is 16.6 Å². The summed E-state index contributed by atoms with van der Waals surface area (Å²) in [5.74, 6) is 1.34. The van der Waals surface area contributed by atoms with Crippen LogP contribution in [0.2, 0.25) is 0 Å².